The maximum atomic E-state index is 12.9. The number of nitrogens with zero attached hydrogens (tertiary/aromatic N) is 1. The summed E-state index contributed by atoms with van der Waals surface area (Å²) in [4.78, 5) is 27.0. The summed E-state index contributed by atoms with van der Waals surface area (Å²) in [5, 5.41) is 15.8. The Morgan fingerprint density at radius 3 is 2.62 bits per heavy atom. The summed E-state index contributed by atoms with van der Waals surface area (Å²) in [5.74, 6) is -0.172. The number of rotatable bonds is 5. The first kappa shape index (κ1) is 17.8. The average Bonchev–Trinajstić information content (AvgIpc) is 2.60. The second-order valence-electron chi connectivity index (χ2n) is 6.83. The summed E-state index contributed by atoms with van der Waals surface area (Å²) < 4.78 is 0. The van der Waals surface area contributed by atoms with Gasteiger partial charge in [0.25, 0.3) is 5.91 Å². The molecule has 2 aromatic rings. The quantitative estimate of drug-likeness (QED) is 0.721. The van der Waals surface area contributed by atoms with Crippen LogP contribution in [0.25, 0.3) is 0 Å². The zero-order chi connectivity index (χ0) is 18.7. The Morgan fingerprint density at radius 1 is 1.19 bits per heavy atom. The van der Waals surface area contributed by atoms with Gasteiger partial charge in [0.2, 0.25) is 5.91 Å². The highest BCUT2D eigenvalue weighted by molar-refractivity contribution is 6.04. The lowest BCUT2D eigenvalue weighted by Crippen LogP contribution is -2.52. The fraction of sp³-hybridized carbons (Fsp3) is 0.300. The first-order valence-corrected chi connectivity index (χ1v) is 8.70. The van der Waals surface area contributed by atoms with Crippen LogP contribution < -0.4 is 10.6 Å². The van der Waals surface area contributed by atoms with Crippen molar-refractivity contribution in [2.45, 2.75) is 26.4 Å². The zero-order valence-corrected chi connectivity index (χ0v) is 14.9. The topological polar surface area (TPSA) is 81.7 Å². The van der Waals surface area contributed by atoms with Crippen LogP contribution in [-0.2, 0) is 4.79 Å². The second-order valence-corrected chi connectivity index (χ2v) is 6.83. The smallest absolute Gasteiger partial charge is 0.258 e. The number of carbonyl (C=O) groups is 2. The molecule has 3 N–H and O–H groups in total. The van der Waals surface area contributed by atoms with Gasteiger partial charge in [-0.1, -0.05) is 38.1 Å². The fourth-order valence-electron chi connectivity index (χ4n) is 3.09. The number of benzene rings is 2. The van der Waals surface area contributed by atoms with Crippen LogP contribution in [0.15, 0.2) is 48.5 Å². The normalized spacial score (nSPS) is 16.2. The average molecular weight is 353 g/mol. The van der Waals surface area contributed by atoms with Gasteiger partial charge in [-0.05, 0) is 36.6 Å². The van der Waals surface area contributed by atoms with Gasteiger partial charge in [0.05, 0.1) is 11.3 Å². The third-order valence-corrected chi connectivity index (χ3v) is 4.30. The van der Waals surface area contributed by atoms with E-state index in [0.717, 1.165) is 12.1 Å². The molecule has 0 saturated carbocycles. The van der Waals surface area contributed by atoms with Crippen LogP contribution in [0.4, 0.5) is 11.4 Å². The van der Waals surface area contributed by atoms with Gasteiger partial charge >= 0.3 is 0 Å². The highest BCUT2D eigenvalue weighted by Gasteiger charge is 2.33. The maximum absolute atomic E-state index is 12.9. The number of fused-ring (bicyclic) bond motifs is 1. The van der Waals surface area contributed by atoms with Crippen LogP contribution in [-0.4, -0.2) is 34.5 Å². The van der Waals surface area contributed by atoms with Gasteiger partial charge in [-0.15, -0.1) is 0 Å². The first-order valence-electron chi connectivity index (χ1n) is 8.70. The summed E-state index contributed by atoms with van der Waals surface area (Å²) in [6.45, 7) is 4.06. The molecule has 2 aromatic carbocycles. The molecule has 136 valence electrons. The van der Waals surface area contributed by atoms with Gasteiger partial charge < -0.3 is 20.6 Å². The molecule has 6 heteroatoms. The van der Waals surface area contributed by atoms with E-state index in [0.29, 0.717) is 17.2 Å². The van der Waals surface area contributed by atoms with Crippen molar-refractivity contribution in [2.75, 3.05) is 17.2 Å². The van der Waals surface area contributed by atoms with E-state index in [1.165, 1.54) is 6.07 Å². The lowest BCUT2D eigenvalue weighted by molar-refractivity contribution is -0.117. The first-order chi connectivity index (χ1) is 12.5. The molecule has 1 heterocycles. The molecule has 2 amide bonds. The molecule has 6 nitrogen and oxygen atoms in total. The summed E-state index contributed by atoms with van der Waals surface area (Å²) >= 11 is 0. The predicted octanol–water partition coefficient (Wildman–Crippen LogP) is 3.27. The molecule has 1 aliphatic heterocycles. The van der Waals surface area contributed by atoms with E-state index in [1.54, 1.807) is 35.2 Å². The molecular formula is C20H23N3O3. The molecule has 26 heavy (non-hydrogen) atoms. The van der Waals surface area contributed by atoms with E-state index in [-0.39, 0.29) is 30.3 Å². The van der Waals surface area contributed by atoms with Crippen molar-refractivity contribution in [2.24, 2.45) is 5.92 Å². The third kappa shape index (κ3) is 3.79. The van der Waals surface area contributed by atoms with Gasteiger partial charge in [0.1, 0.15) is 18.5 Å². The lowest BCUT2D eigenvalue weighted by atomic mass is 10.0. The van der Waals surface area contributed by atoms with E-state index in [4.69, 9.17) is 0 Å². The van der Waals surface area contributed by atoms with Crippen molar-refractivity contribution in [3.8, 4) is 5.75 Å². The molecule has 3 rings (SSSR count). The van der Waals surface area contributed by atoms with Crippen molar-refractivity contribution < 1.29 is 14.7 Å². The Morgan fingerprint density at radius 2 is 1.88 bits per heavy atom. The maximum Gasteiger partial charge on any atom is 0.258 e. The Bertz CT molecular complexity index is 819. The number of aromatic hydroxyl groups is 1. The van der Waals surface area contributed by atoms with E-state index >= 15 is 0 Å². The standard InChI is InChI=1S/C20H23N3O3/c1-13(2)11-18-21-15-8-4-3-7-14(15)20(26)23(18)12-19(25)22-16-9-5-6-10-17(16)24/h3-10,13,18,21,24H,11-12H2,1-2H3,(H,22,25)/t18-/m0/s1. The van der Waals surface area contributed by atoms with Crippen LogP contribution in [0.5, 0.6) is 5.75 Å². The van der Waals surface area contributed by atoms with Crippen LogP contribution in [0, 0.1) is 5.92 Å². The number of carbonyl (C=O) groups excluding carboxylic acids is 2. The van der Waals surface area contributed by atoms with Crippen LogP contribution >= 0.6 is 0 Å². The molecule has 1 atom stereocenters. The highest BCUT2D eigenvalue weighted by Crippen LogP contribution is 2.28. The molecule has 1 aliphatic rings. The van der Waals surface area contributed by atoms with Gasteiger partial charge in [0.15, 0.2) is 0 Å². The van der Waals surface area contributed by atoms with Gasteiger partial charge in [-0.3, -0.25) is 9.59 Å². The van der Waals surface area contributed by atoms with Crippen molar-refractivity contribution in [1.82, 2.24) is 4.90 Å². The number of amides is 2. The SMILES string of the molecule is CC(C)C[C@H]1Nc2ccccc2C(=O)N1CC(=O)Nc1ccccc1O. The Labute approximate surface area is 152 Å². The summed E-state index contributed by atoms with van der Waals surface area (Å²) in [6, 6.07) is 13.8. The number of anilines is 2. The molecule has 0 saturated heterocycles. The molecule has 0 radical (unpaired) electrons. The molecule has 0 spiro atoms. The Hall–Kier alpha value is -3.02. The van der Waals surface area contributed by atoms with E-state index in [1.807, 2.05) is 12.1 Å². The highest BCUT2D eigenvalue weighted by atomic mass is 16.3. The number of hydrogen-bond donors (Lipinski definition) is 3. The van der Waals surface area contributed by atoms with Gasteiger partial charge in [-0.2, -0.15) is 0 Å². The van der Waals surface area contributed by atoms with Crippen LogP contribution in [0.3, 0.4) is 0 Å². The van der Waals surface area contributed by atoms with E-state index in [9.17, 15) is 14.7 Å². The van der Waals surface area contributed by atoms with Gasteiger partial charge in [-0.25, -0.2) is 0 Å². The summed E-state index contributed by atoms with van der Waals surface area (Å²) in [5.41, 5.74) is 1.68. The minimum absolute atomic E-state index is 0.00646. The summed E-state index contributed by atoms with van der Waals surface area (Å²) in [6.07, 6.45) is 0.469. The van der Waals surface area contributed by atoms with Crippen molar-refractivity contribution in [3.63, 3.8) is 0 Å². The number of phenols is 1. The number of hydrogen-bond acceptors (Lipinski definition) is 4. The van der Waals surface area contributed by atoms with Crippen molar-refractivity contribution >= 4 is 23.2 Å². The molecular weight excluding hydrogens is 330 g/mol. The van der Waals surface area contributed by atoms with Crippen molar-refractivity contribution in [1.29, 1.82) is 0 Å². The fourth-order valence-corrected chi connectivity index (χ4v) is 3.09. The number of phenolic OH excluding ortho intramolecular Hbond substituents is 1. The molecule has 0 fully saturated rings. The number of nitrogens with one attached hydrogen (secondary N) is 2. The Balaban J connectivity index is 1.80. The number of para-hydroxylation sites is 3. The largest absolute Gasteiger partial charge is 0.506 e. The van der Waals surface area contributed by atoms with Crippen LogP contribution in [0.2, 0.25) is 0 Å². The van der Waals surface area contributed by atoms with E-state index < -0.39 is 0 Å². The zero-order valence-electron chi connectivity index (χ0n) is 14.9. The monoisotopic (exact) mass is 353 g/mol. The summed E-state index contributed by atoms with van der Waals surface area (Å²) in [7, 11) is 0. The predicted molar refractivity (Wildman–Crippen MR) is 101 cm³/mol. The Kier molecular flexibility index (Phi) is 5.11. The molecule has 0 bridgehead atoms. The minimum atomic E-state index is -0.352. The minimum Gasteiger partial charge on any atom is -0.506 e. The molecule has 0 unspecified atom stereocenters. The van der Waals surface area contributed by atoms with Crippen LogP contribution in [0.1, 0.15) is 30.6 Å². The van der Waals surface area contributed by atoms with Gasteiger partial charge in [0, 0.05) is 5.69 Å². The molecule has 0 aromatic heterocycles. The van der Waals surface area contributed by atoms with Crippen molar-refractivity contribution in [3.05, 3.63) is 54.1 Å². The third-order valence-electron chi connectivity index (χ3n) is 4.30. The molecule has 0 aliphatic carbocycles. The van der Waals surface area contributed by atoms with E-state index in [2.05, 4.69) is 24.5 Å². The second kappa shape index (κ2) is 7.47. The lowest BCUT2D eigenvalue weighted by Gasteiger charge is -2.38.